The smallest absolute Gasteiger partial charge is 0.119 e. The van der Waals surface area contributed by atoms with Crippen molar-refractivity contribution in [1.82, 2.24) is 0 Å². The van der Waals surface area contributed by atoms with Gasteiger partial charge in [-0.05, 0) is 56.6 Å². The van der Waals surface area contributed by atoms with Crippen molar-refractivity contribution >= 4 is 0 Å². The quantitative estimate of drug-likeness (QED) is 0.687. The van der Waals surface area contributed by atoms with Gasteiger partial charge in [-0.25, -0.2) is 0 Å². The number of benzene rings is 1. The Balaban J connectivity index is 0.000000861. The summed E-state index contributed by atoms with van der Waals surface area (Å²) in [7, 11) is 0. The largest absolute Gasteiger partial charge is 0.490 e. The third kappa shape index (κ3) is 5.26. The molecule has 1 saturated carbocycles. The highest BCUT2D eigenvalue weighted by Crippen LogP contribution is 2.31. The Kier molecular flexibility index (Phi) is 6.97. The van der Waals surface area contributed by atoms with Crippen molar-refractivity contribution in [3.8, 4) is 5.75 Å². The molecule has 0 bridgehead atoms. The van der Waals surface area contributed by atoms with E-state index in [0.29, 0.717) is 6.10 Å². The lowest BCUT2D eigenvalue weighted by molar-refractivity contribution is 0.117. The molecule has 1 aromatic carbocycles. The molecule has 108 valence electrons. The molecule has 2 rings (SSSR count). The van der Waals surface area contributed by atoms with Crippen LogP contribution in [0.1, 0.15) is 58.9 Å². The maximum atomic E-state index is 6.04. The first kappa shape index (κ1) is 16.1. The van der Waals surface area contributed by atoms with Crippen molar-refractivity contribution in [1.29, 1.82) is 0 Å². The second-order valence-electron chi connectivity index (χ2n) is 5.71. The molecule has 19 heavy (non-hydrogen) atoms. The molecular formula is C18H30O. The fraction of sp³-hybridized carbons (Fsp3) is 0.667. The molecule has 1 aromatic rings. The first-order valence-corrected chi connectivity index (χ1v) is 7.88. The minimum atomic E-state index is 0.438. The van der Waals surface area contributed by atoms with Crippen LogP contribution in [0.2, 0.25) is 0 Å². The molecule has 0 radical (unpaired) electrons. The Morgan fingerprint density at radius 3 is 1.95 bits per heavy atom. The molecule has 1 nitrogen and oxygen atoms in total. The number of hydrogen-bond acceptors (Lipinski definition) is 1. The summed E-state index contributed by atoms with van der Waals surface area (Å²) < 4.78 is 6.04. The molecule has 0 aliphatic heterocycles. The minimum Gasteiger partial charge on any atom is -0.490 e. The molecule has 0 aromatic heterocycles. The van der Waals surface area contributed by atoms with Crippen LogP contribution in [0.15, 0.2) is 24.3 Å². The van der Waals surface area contributed by atoms with Gasteiger partial charge in [0.05, 0.1) is 6.10 Å². The van der Waals surface area contributed by atoms with Gasteiger partial charge in [0, 0.05) is 0 Å². The Labute approximate surface area is 119 Å². The molecule has 0 N–H and O–H groups in total. The summed E-state index contributed by atoms with van der Waals surface area (Å²) in [6.07, 6.45) is 5.53. The second-order valence-corrected chi connectivity index (χ2v) is 5.71. The first-order valence-electron chi connectivity index (χ1n) is 7.88. The normalized spacial score (nSPS) is 22.6. The van der Waals surface area contributed by atoms with E-state index < -0.39 is 0 Å². The van der Waals surface area contributed by atoms with Gasteiger partial charge in [0.1, 0.15) is 5.75 Å². The molecule has 0 spiro atoms. The maximum absolute atomic E-state index is 6.04. The molecule has 0 atom stereocenters. The number of rotatable bonds is 3. The second kappa shape index (κ2) is 8.24. The first-order chi connectivity index (χ1) is 9.15. The lowest BCUT2D eigenvalue weighted by Crippen LogP contribution is -2.26. The van der Waals surface area contributed by atoms with Gasteiger partial charge in [-0.15, -0.1) is 0 Å². The maximum Gasteiger partial charge on any atom is 0.119 e. The van der Waals surface area contributed by atoms with Crippen LogP contribution in [0, 0.1) is 18.8 Å². The molecular weight excluding hydrogens is 232 g/mol. The third-order valence-electron chi connectivity index (χ3n) is 3.99. The number of aryl methyl sites for hydroxylation is 1. The lowest BCUT2D eigenvalue weighted by atomic mass is 9.80. The van der Waals surface area contributed by atoms with Crippen LogP contribution in [0.5, 0.6) is 5.75 Å². The van der Waals surface area contributed by atoms with Gasteiger partial charge < -0.3 is 4.74 Å². The molecule has 1 fully saturated rings. The topological polar surface area (TPSA) is 9.23 Å². The van der Waals surface area contributed by atoms with Gasteiger partial charge in [0.25, 0.3) is 0 Å². The molecule has 1 heteroatoms. The van der Waals surface area contributed by atoms with Gasteiger partial charge >= 0.3 is 0 Å². The van der Waals surface area contributed by atoms with Gasteiger partial charge in [-0.2, -0.15) is 0 Å². The molecule has 0 amide bonds. The van der Waals surface area contributed by atoms with Crippen molar-refractivity contribution < 1.29 is 4.74 Å². The van der Waals surface area contributed by atoms with Crippen LogP contribution < -0.4 is 4.74 Å². The van der Waals surface area contributed by atoms with Crippen LogP contribution >= 0.6 is 0 Å². The Bertz CT molecular complexity index is 331. The van der Waals surface area contributed by atoms with Crippen molar-refractivity contribution in [2.75, 3.05) is 0 Å². The van der Waals surface area contributed by atoms with Crippen LogP contribution in [0.25, 0.3) is 0 Å². The monoisotopic (exact) mass is 262 g/mol. The zero-order valence-corrected chi connectivity index (χ0v) is 13.3. The predicted octanol–water partition coefficient (Wildman–Crippen LogP) is 5.61. The number of ether oxygens (including phenoxy) is 1. The Morgan fingerprint density at radius 1 is 0.947 bits per heavy atom. The average molecular weight is 262 g/mol. The summed E-state index contributed by atoms with van der Waals surface area (Å²) in [5.74, 6) is 2.77. The summed E-state index contributed by atoms with van der Waals surface area (Å²) >= 11 is 0. The molecule has 1 aliphatic carbocycles. The molecule has 0 unspecified atom stereocenters. The molecule has 0 heterocycles. The van der Waals surface area contributed by atoms with E-state index in [9.17, 15) is 0 Å². The average Bonchev–Trinajstić information content (AvgIpc) is 2.44. The zero-order chi connectivity index (χ0) is 14.3. The zero-order valence-electron chi connectivity index (χ0n) is 13.3. The van der Waals surface area contributed by atoms with E-state index in [1.165, 1.54) is 31.2 Å². The van der Waals surface area contributed by atoms with Crippen LogP contribution in [-0.4, -0.2) is 6.10 Å². The van der Waals surface area contributed by atoms with E-state index in [1.807, 2.05) is 13.8 Å². The van der Waals surface area contributed by atoms with Gasteiger partial charge in [-0.1, -0.05) is 45.4 Å². The minimum absolute atomic E-state index is 0.438. The van der Waals surface area contributed by atoms with Crippen molar-refractivity contribution in [3.63, 3.8) is 0 Å². The van der Waals surface area contributed by atoms with E-state index in [2.05, 4.69) is 45.0 Å². The number of hydrogen-bond donors (Lipinski definition) is 0. The van der Waals surface area contributed by atoms with Crippen molar-refractivity contribution in [3.05, 3.63) is 29.8 Å². The van der Waals surface area contributed by atoms with E-state index in [1.54, 1.807) is 0 Å². The van der Waals surface area contributed by atoms with Gasteiger partial charge in [0.2, 0.25) is 0 Å². The lowest BCUT2D eigenvalue weighted by Gasteiger charge is -2.31. The summed E-state index contributed by atoms with van der Waals surface area (Å²) in [6, 6.07) is 8.41. The summed E-state index contributed by atoms with van der Waals surface area (Å²) in [5.41, 5.74) is 1.29. The standard InChI is InChI=1S/C16H24O.C2H6/c1-12(2)14-6-10-16(11-7-14)17-15-8-4-13(3)5-9-15;1-2/h4-5,8-9,12,14,16H,6-7,10-11H2,1-3H3;1-2H3. The van der Waals surface area contributed by atoms with Crippen LogP contribution in [0.4, 0.5) is 0 Å². The van der Waals surface area contributed by atoms with Gasteiger partial charge in [0.15, 0.2) is 0 Å². The van der Waals surface area contributed by atoms with E-state index in [4.69, 9.17) is 4.74 Å². The van der Waals surface area contributed by atoms with Gasteiger partial charge in [-0.3, -0.25) is 0 Å². The third-order valence-corrected chi connectivity index (χ3v) is 3.99. The fourth-order valence-electron chi connectivity index (χ4n) is 2.68. The fourth-order valence-corrected chi connectivity index (χ4v) is 2.68. The summed E-state index contributed by atoms with van der Waals surface area (Å²) in [5, 5.41) is 0. The highest BCUT2D eigenvalue weighted by atomic mass is 16.5. The summed E-state index contributed by atoms with van der Waals surface area (Å²) in [6.45, 7) is 10.8. The Hall–Kier alpha value is -0.980. The highest BCUT2D eigenvalue weighted by Gasteiger charge is 2.24. The SMILES string of the molecule is CC.Cc1ccc(OC2CCC(C(C)C)CC2)cc1. The van der Waals surface area contributed by atoms with Crippen molar-refractivity contribution in [2.45, 2.75) is 66.4 Å². The molecule has 1 aliphatic rings. The van der Waals surface area contributed by atoms with E-state index >= 15 is 0 Å². The van der Waals surface area contributed by atoms with E-state index in [0.717, 1.165) is 17.6 Å². The van der Waals surface area contributed by atoms with E-state index in [-0.39, 0.29) is 0 Å². The highest BCUT2D eigenvalue weighted by molar-refractivity contribution is 5.26. The molecule has 0 saturated heterocycles. The van der Waals surface area contributed by atoms with Crippen LogP contribution in [-0.2, 0) is 0 Å². The van der Waals surface area contributed by atoms with Crippen molar-refractivity contribution in [2.24, 2.45) is 11.8 Å². The summed E-state index contributed by atoms with van der Waals surface area (Å²) in [4.78, 5) is 0. The van der Waals surface area contributed by atoms with Crippen LogP contribution in [0.3, 0.4) is 0 Å². The predicted molar refractivity (Wildman–Crippen MR) is 83.7 cm³/mol. The Morgan fingerprint density at radius 2 is 1.47 bits per heavy atom.